The zero-order valence-corrected chi connectivity index (χ0v) is 39.9. The first-order valence-corrected chi connectivity index (χ1v) is 24.0. The topological polar surface area (TPSA) is 125 Å². The fourth-order valence-electron chi connectivity index (χ4n) is 8.06. The maximum atomic E-state index is 12.4. The first kappa shape index (κ1) is 49.6. The number of amides is 3. The van der Waals surface area contributed by atoms with Crippen LogP contribution in [-0.4, -0.2) is 28.8 Å². The van der Waals surface area contributed by atoms with E-state index in [1.54, 1.807) is 54.6 Å². The van der Waals surface area contributed by atoms with Crippen LogP contribution >= 0.6 is 15.9 Å². The molecule has 2 saturated carbocycles. The van der Waals surface area contributed by atoms with Crippen molar-refractivity contribution in [3.05, 3.63) is 207 Å². The van der Waals surface area contributed by atoms with Gasteiger partial charge in [-0.25, -0.2) is 4.79 Å². The maximum absolute atomic E-state index is 12.4. The largest absolute Gasteiger partial charge is 0.478 e. The number of carboxylic acids is 1. The average Bonchev–Trinajstić information content (AvgIpc) is 3.36. The van der Waals surface area contributed by atoms with E-state index in [-0.39, 0.29) is 23.3 Å². The normalized spacial score (nSPS) is 14.0. The lowest BCUT2D eigenvalue weighted by atomic mass is 9.88. The maximum Gasteiger partial charge on any atom is 0.337 e. The number of carbonyl (C=O) groups is 4. The molecule has 2 aliphatic carbocycles. The van der Waals surface area contributed by atoms with Crippen molar-refractivity contribution >= 4 is 68.8 Å². The third-order valence-corrected chi connectivity index (χ3v) is 12.5. The monoisotopic (exact) mass is 957 g/mol. The predicted molar refractivity (Wildman–Crippen MR) is 278 cm³/mol. The van der Waals surface area contributed by atoms with Gasteiger partial charge in [0, 0.05) is 32.5 Å². The zero-order chi connectivity index (χ0) is 47.4. The third-order valence-electron chi connectivity index (χ3n) is 12.0. The van der Waals surface area contributed by atoms with Crippen LogP contribution in [0, 0.1) is 25.7 Å². The highest BCUT2D eigenvalue weighted by Gasteiger charge is 2.16. The molecule has 0 aromatic heterocycles. The summed E-state index contributed by atoms with van der Waals surface area (Å²) in [5.74, 6) is -0.232. The van der Waals surface area contributed by atoms with Crippen molar-refractivity contribution < 1.29 is 24.3 Å². The molecule has 0 saturated heterocycles. The Labute approximate surface area is 403 Å². The van der Waals surface area contributed by atoms with Crippen LogP contribution in [0.1, 0.15) is 128 Å². The summed E-state index contributed by atoms with van der Waals surface area (Å²) >= 11 is 3.39. The number of rotatable bonds is 11. The van der Waals surface area contributed by atoms with Crippen LogP contribution in [0.25, 0.3) is 12.2 Å². The molecule has 0 atom stereocenters. The van der Waals surface area contributed by atoms with Crippen molar-refractivity contribution in [2.75, 3.05) is 16.0 Å². The number of halogens is 1. The standard InChI is InChI=1S/C22H23NO3.C22H25NO.C14H12BrNO/c24-21(18-9-5-2-6-10-18)23-20-15-17(13-14-19(20)22(25)26)12-11-16-7-3-1-4-8-16;1-17-12-13-19(15-14-18-8-4-2-5-9-18)16-21(17)23-22(24)20-10-6-3-7-11-20;1-10-7-8-12(15)9-13(10)16-14(17)11-5-3-2-4-6-11/h2,5-6,9-16H,1,3-4,7-8H2,(H,23,24)(H,25,26);3,6-7,10-16,18H,2,4-5,8-9H2,1H3,(H,23,24);2-9H,1H3,(H,16,17)/b12-11+;15-14+;. The second-order valence-corrected chi connectivity index (χ2v) is 18.0. The summed E-state index contributed by atoms with van der Waals surface area (Å²) in [5.41, 5.74) is 8.10. The molecule has 9 heteroatoms. The Morgan fingerprint density at radius 1 is 0.478 bits per heavy atom. The lowest BCUT2D eigenvalue weighted by molar-refractivity contribution is 0.0697. The van der Waals surface area contributed by atoms with E-state index in [1.165, 1.54) is 64.2 Å². The molecular formula is C58H60BrN3O5. The van der Waals surface area contributed by atoms with Crippen molar-refractivity contribution in [3.8, 4) is 0 Å². The number of nitrogens with one attached hydrogen (secondary N) is 3. The van der Waals surface area contributed by atoms with E-state index < -0.39 is 5.97 Å². The summed E-state index contributed by atoms with van der Waals surface area (Å²) in [4.78, 5) is 48.2. The lowest BCUT2D eigenvalue weighted by Gasteiger charge is -2.17. The molecule has 3 amide bonds. The number of anilines is 3. The van der Waals surface area contributed by atoms with Gasteiger partial charge in [-0.15, -0.1) is 0 Å². The van der Waals surface area contributed by atoms with Gasteiger partial charge in [-0.1, -0.05) is 158 Å². The van der Waals surface area contributed by atoms with Gasteiger partial charge in [0.25, 0.3) is 17.7 Å². The molecule has 0 radical (unpaired) electrons. The molecular weight excluding hydrogens is 899 g/mol. The number of carboxylic acid groups (broad SMARTS) is 1. The average molecular weight is 959 g/mol. The van der Waals surface area contributed by atoms with Crippen molar-refractivity contribution in [1.82, 2.24) is 0 Å². The lowest BCUT2D eigenvalue weighted by Crippen LogP contribution is -2.14. The second kappa shape index (κ2) is 25.7. The Morgan fingerprint density at radius 2 is 0.851 bits per heavy atom. The first-order valence-electron chi connectivity index (χ1n) is 23.2. The van der Waals surface area contributed by atoms with E-state index in [1.807, 2.05) is 92.7 Å². The van der Waals surface area contributed by atoms with Crippen molar-refractivity contribution in [3.63, 3.8) is 0 Å². The summed E-state index contributed by atoms with van der Waals surface area (Å²) in [7, 11) is 0. The van der Waals surface area contributed by atoms with Crippen molar-refractivity contribution in [1.29, 1.82) is 0 Å². The van der Waals surface area contributed by atoms with E-state index in [4.69, 9.17) is 0 Å². The number of aryl methyl sites for hydroxylation is 2. The molecule has 0 heterocycles. The minimum Gasteiger partial charge on any atom is -0.478 e. The van der Waals surface area contributed by atoms with Gasteiger partial charge in [0.1, 0.15) is 0 Å². The highest BCUT2D eigenvalue weighted by molar-refractivity contribution is 9.10. The molecule has 6 aromatic rings. The summed E-state index contributed by atoms with van der Waals surface area (Å²) < 4.78 is 0.950. The van der Waals surface area contributed by atoms with Crippen LogP contribution in [-0.2, 0) is 0 Å². The van der Waals surface area contributed by atoms with E-state index in [0.29, 0.717) is 34.2 Å². The van der Waals surface area contributed by atoms with E-state index in [2.05, 4.69) is 68.3 Å². The zero-order valence-electron chi connectivity index (χ0n) is 38.3. The Hall–Kier alpha value is -6.84. The molecule has 0 unspecified atom stereocenters. The van der Waals surface area contributed by atoms with Crippen LogP contribution in [0.15, 0.2) is 162 Å². The Morgan fingerprint density at radius 3 is 1.28 bits per heavy atom. The van der Waals surface area contributed by atoms with Crippen LogP contribution < -0.4 is 16.0 Å². The minimum atomic E-state index is -1.06. The Bertz CT molecular complexity index is 2630. The van der Waals surface area contributed by atoms with Gasteiger partial charge in [0.2, 0.25) is 0 Å². The number of benzene rings is 6. The summed E-state index contributed by atoms with van der Waals surface area (Å²) in [5, 5.41) is 18.1. The fourth-order valence-corrected chi connectivity index (χ4v) is 8.42. The molecule has 0 spiro atoms. The van der Waals surface area contributed by atoms with Crippen molar-refractivity contribution in [2.45, 2.75) is 78.1 Å². The number of aromatic carboxylic acids is 1. The summed E-state index contributed by atoms with van der Waals surface area (Å²) in [6, 6.07) is 44.4. The Kier molecular flexibility index (Phi) is 19.1. The van der Waals surface area contributed by atoms with Crippen molar-refractivity contribution in [2.24, 2.45) is 11.8 Å². The van der Waals surface area contributed by atoms with Gasteiger partial charge in [-0.3, -0.25) is 14.4 Å². The first-order chi connectivity index (χ1) is 32.5. The Balaban J connectivity index is 0.000000169. The van der Waals surface area contributed by atoms with Gasteiger partial charge in [-0.2, -0.15) is 0 Å². The molecule has 344 valence electrons. The van der Waals surface area contributed by atoms with Crippen LogP contribution in [0.5, 0.6) is 0 Å². The molecule has 0 aliphatic heterocycles. The van der Waals surface area contributed by atoms with E-state index in [0.717, 1.165) is 38.1 Å². The number of carbonyl (C=O) groups excluding carboxylic acids is 3. The summed E-state index contributed by atoms with van der Waals surface area (Å²) in [6.07, 6.45) is 21.7. The third kappa shape index (κ3) is 15.9. The molecule has 8 nitrogen and oxygen atoms in total. The summed E-state index contributed by atoms with van der Waals surface area (Å²) in [6.45, 7) is 3.99. The van der Waals surface area contributed by atoms with Crippen LogP contribution in [0.2, 0.25) is 0 Å². The van der Waals surface area contributed by atoms with Crippen LogP contribution in [0.4, 0.5) is 17.1 Å². The number of hydrogen-bond donors (Lipinski definition) is 4. The van der Waals surface area contributed by atoms with Gasteiger partial charge in [0.15, 0.2) is 0 Å². The SMILES string of the molecule is Cc1ccc(/C=C/C2CCCCC2)cc1NC(=O)c1ccccc1.Cc1ccc(Br)cc1NC(=O)c1ccccc1.O=C(Nc1cc(/C=C/C2CCCCC2)ccc1C(=O)O)c1ccccc1. The molecule has 4 N–H and O–H groups in total. The van der Waals surface area contributed by atoms with Gasteiger partial charge >= 0.3 is 5.97 Å². The molecule has 2 aliphatic rings. The second-order valence-electron chi connectivity index (χ2n) is 17.1. The minimum absolute atomic E-state index is 0.0629. The molecule has 67 heavy (non-hydrogen) atoms. The molecule has 8 rings (SSSR count). The van der Waals surface area contributed by atoms with Gasteiger partial charge < -0.3 is 21.1 Å². The molecule has 2 fully saturated rings. The highest BCUT2D eigenvalue weighted by Crippen LogP contribution is 2.28. The fraction of sp³-hybridized carbons (Fsp3) is 0.241. The smallest absolute Gasteiger partial charge is 0.337 e. The highest BCUT2D eigenvalue weighted by atomic mass is 79.9. The number of hydrogen-bond acceptors (Lipinski definition) is 4. The van der Waals surface area contributed by atoms with E-state index in [9.17, 15) is 24.3 Å². The molecule has 0 bridgehead atoms. The van der Waals surface area contributed by atoms with Gasteiger partial charge in [-0.05, 0) is 140 Å². The number of allylic oxidation sites excluding steroid dienone is 2. The van der Waals surface area contributed by atoms with Gasteiger partial charge in [0.05, 0.1) is 11.3 Å². The molecule has 6 aromatic carbocycles. The quantitative estimate of drug-likeness (QED) is 0.103. The van der Waals surface area contributed by atoms with E-state index >= 15 is 0 Å². The van der Waals surface area contributed by atoms with Crippen LogP contribution in [0.3, 0.4) is 0 Å². The predicted octanol–water partition coefficient (Wildman–Crippen LogP) is 15.1.